The van der Waals surface area contributed by atoms with Crippen molar-refractivity contribution in [3.8, 4) is 17.3 Å². The number of aryl methyl sites for hydroxylation is 1. The van der Waals surface area contributed by atoms with Crippen molar-refractivity contribution in [2.75, 3.05) is 5.32 Å². The zero-order chi connectivity index (χ0) is 20.8. The van der Waals surface area contributed by atoms with Gasteiger partial charge >= 0.3 is 0 Å². The third kappa shape index (κ3) is 2.74. The third-order valence-corrected chi connectivity index (χ3v) is 6.22. The maximum absolute atomic E-state index is 13.2. The number of nitriles is 1. The number of hydrogen-bond donors (Lipinski definition) is 2. The van der Waals surface area contributed by atoms with E-state index in [1.807, 2.05) is 24.3 Å². The Hall–Kier alpha value is -3.43. The third-order valence-electron chi connectivity index (χ3n) is 5.90. The molecule has 0 radical (unpaired) electrons. The molecular formula is C23H17ClN4O2. The van der Waals surface area contributed by atoms with E-state index in [4.69, 9.17) is 11.6 Å². The molecule has 2 atom stereocenters. The molecule has 1 aromatic heterocycles. The molecule has 1 heterocycles. The molecule has 0 spiro atoms. The van der Waals surface area contributed by atoms with Crippen LogP contribution in [0.1, 0.15) is 45.9 Å². The van der Waals surface area contributed by atoms with Crippen molar-refractivity contribution in [2.24, 2.45) is 5.92 Å². The average Bonchev–Trinajstić information content (AvgIpc) is 3.32. The van der Waals surface area contributed by atoms with E-state index >= 15 is 0 Å². The van der Waals surface area contributed by atoms with Gasteiger partial charge in [-0.1, -0.05) is 35.9 Å². The monoisotopic (exact) mass is 416 g/mol. The smallest absolute Gasteiger partial charge is 0.249 e. The lowest BCUT2D eigenvalue weighted by molar-refractivity contribution is -0.117. The number of hydrogen-bond acceptors (Lipinski definition) is 4. The van der Waals surface area contributed by atoms with Gasteiger partial charge in [-0.2, -0.15) is 10.4 Å². The highest BCUT2D eigenvalue weighted by Crippen LogP contribution is 2.53. The number of H-pyrrole nitrogens is 1. The second kappa shape index (κ2) is 7.12. The van der Waals surface area contributed by atoms with Crippen LogP contribution in [-0.2, 0) is 11.2 Å². The standard InChI is InChI=1S/C23H17ClN4O2/c24-16-10-9-12-5-4-8-14-17(12)19(16)20-18(14)21(28-27-20)22(29)15(11-25)23(30)26-13-6-2-1-3-7-13/h1-3,6-7,9-10,14-15H,4-5,8H2,(H,26,30)(H,27,28). The first-order chi connectivity index (χ1) is 14.6. The quantitative estimate of drug-likeness (QED) is 0.484. The number of ketones is 1. The summed E-state index contributed by atoms with van der Waals surface area (Å²) in [6.45, 7) is 0. The topological polar surface area (TPSA) is 98.6 Å². The minimum Gasteiger partial charge on any atom is -0.325 e. The van der Waals surface area contributed by atoms with Crippen LogP contribution < -0.4 is 5.32 Å². The Labute approximate surface area is 177 Å². The molecule has 6 nitrogen and oxygen atoms in total. The fourth-order valence-corrected chi connectivity index (χ4v) is 4.87. The normalized spacial score (nSPS) is 16.9. The van der Waals surface area contributed by atoms with Gasteiger partial charge < -0.3 is 5.32 Å². The highest BCUT2D eigenvalue weighted by Gasteiger charge is 2.42. The van der Waals surface area contributed by atoms with Crippen molar-refractivity contribution in [2.45, 2.75) is 25.2 Å². The summed E-state index contributed by atoms with van der Waals surface area (Å²) in [6, 6.07) is 14.5. The summed E-state index contributed by atoms with van der Waals surface area (Å²) in [5.41, 5.74) is 5.44. The van der Waals surface area contributed by atoms with E-state index in [2.05, 4.69) is 15.5 Å². The van der Waals surface area contributed by atoms with Crippen molar-refractivity contribution in [1.29, 1.82) is 5.26 Å². The fraction of sp³-hybridized carbons (Fsp3) is 0.217. The summed E-state index contributed by atoms with van der Waals surface area (Å²) in [7, 11) is 0. The van der Waals surface area contributed by atoms with Crippen LogP contribution >= 0.6 is 11.6 Å². The van der Waals surface area contributed by atoms with E-state index in [0.717, 1.165) is 41.6 Å². The van der Waals surface area contributed by atoms with Gasteiger partial charge in [0.25, 0.3) is 0 Å². The lowest BCUT2D eigenvalue weighted by Crippen LogP contribution is -2.29. The van der Waals surface area contributed by atoms with Gasteiger partial charge in [-0.25, -0.2) is 0 Å². The Morgan fingerprint density at radius 3 is 2.77 bits per heavy atom. The molecule has 0 bridgehead atoms. The number of Topliss-reactive ketones (excluding diaryl/α,β-unsaturated/α-hetero) is 1. The van der Waals surface area contributed by atoms with Gasteiger partial charge in [0.2, 0.25) is 11.7 Å². The Morgan fingerprint density at radius 1 is 1.20 bits per heavy atom. The van der Waals surface area contributed by atoms with Gasteiger partial charge in [0.1, 0.15) is 5.69 Å². The number of fused-ring (bicyclic) bond motifs is 3. The summed E-state index contributed by atoms with van der Waals surface area (Å²) in [5.74, 6) is -2.74. The van der Waals surface area contributed by atoms with Crippen molar-refractivity contribution in [3.05, 3.63) is 69.9 Å². The van der Waals surface area contributed by atoms with Crippen LogP contribution in [-0.4, -0.2) is 21.9 Å². The Balaban J connectivity index is 1.52. The highest BCUT2D eigenvalue weighted by atomic mass is 35.5. The first-order valence-electron chi connectivity index (χ1n) is 9.79. The van der Waals surface area contributed by atoms with Crippen LogP contribution in [0.5, 0.6) is 0 Å². The second-order valence-electron chi connectivity index (χ2n) is 7.58. The average molecular weight is 417 g/mol. The van der Waals surface area contributed by atoms with Gasteiger partial charge in [0.15, 0.2) is 5.92 Å². The molecule has 0 saturated carbocycles. The Kier molecular flexibility index (Phi) is 4.41. The number of amides is 1. The number of para-hydroxylation sites is 1. The number of benzene rings is 2. The molecule has 30 heavy (non-hydrogen) atoms. The van der Waals surface area contributed by atoms with Gasteiger partial charge in [0.05, 0.1) is 16.8 Å². The van der Waals surface area contributed by atoms with Crippen LogP contribution in [0.2, 0.25) is 5.02 Å². The number of aromatic amines is 1. The van der Waals surface area contributed by atoms with Gasteiger partial charge in [-0.05, 0) is 48.6 Å². The number of nitrogens with one attached hydrogen (secondary N) is 2. The lowest BCUT2D eigenvalue weighted by Gasteiger charge is -2.23. The predicted molar refractivity (Wildman–Crippen MR) is 112 cm³/mol. The van der Waals surface area contributed by atoms with Gasteiger partial charge in [0, 0.05) is 22.7 Å². The van der Waals surface area contributed by atoms with Crippen molar-refractivity contribution in [3.63, 3.8) is 0 Å². The van der Waals surface area contributed by atoms with Crippen LogP contribution in [0, 0.1) is 17.2 Å². The van der Waals surface area contributed by atoms with E-state index in [0.29, 0.717) is 10.7 Å². The minimum absolute atomic E-state index is 0.00618. The minimum atomic E-state index is -1.49. The number of halogens is 1. The van der Waals surface area contributed by atoms with Crippen molar-refractivity contribution in [1.82, 2.24) is 10.2 Å². The molecule has 0 saturated heterocycles. The molecule has 2 N–H and O–H groups in total. The number of anilines is 1. The first-order valence-corrected chi connectivity index (χ1v) is 10.2. The van der Waals surface area contributed by atoms with E-state index < -0.39 is 17.6 Å². The van der Waals surface area contributed by atoms with Crippen LogP contribution in [0.15, 0.2) is 42.5 Å². The van der Waals surface area contributed by atoms with Gasteiger partial charge in [-0.15, -0.1) is 0 Å². The molecule has 1 amide bonds. The van der Waals surface area contributed by atoms with E-state index in [1.165, 1.54) is 5.56 Å². The predicted octanol–water partition coefficient (Wildman–Crippen LogP) is 4.47. The summed E-state index contributed by atoms with van der Waals surface area (Å²) < 4.78 is 0. The molecule has 2 aliphatic carbocycles. The summed E-state index contributed by atoms with van der Waals surface area (Å²) >= 11 is 6.49. The molecule has 2 aromatic carbocycles. The number of aromatic nitrogens is 2. The van der Waals surface area contributed by atoms with Crippen molar-refractivity contribution < 1.29 is 9.59 Å². The molecular weight excluding hydrogens is 400 g/mol. The Bertz CT molecular complexity index is 1230. The van der Waals surface area contributed by atoms with Crippen molar-refractivity contribution >= 4 is 29.0 Å². The van der Waals surface area contributed by atoms with Crippen LogP contribution in [0.4, 0.5) is 5.69 Å². The molecule has 5 rings (SSSR count). The summed E-state index contributed by atoms with van der Waals surface area (Å²) in [6.07, 6.45) is 2.84. The molecule has 0 aliphatic heterocycles. The summed E-state index contributed by atoms with van der Waals surface area (Å²) in [5, 5.41) is 20.0. The maximum Gasteiger partial charge on any atom is 0.249 e. The van der Waals surface area contributed by atoms with Crippen LogP contribution in [0.25, 0.3) is 11.3 Å². The SMILES string of the molecule is N#CC(C(=O)Nc1ccccc1)C(=O)c1n[nH]c2c1C1CCCc3ccc(Cl)c-2c31. The Morgan fingerprint density at radius 2 is 2.00 bits per heavy atom. The largest absolute Gasteiger partial charge is 0.325 e. The zero-order valence-corrected chi connectivity index (χ0v) is 16.7. The number of carbonyl (C=O) groups excluding carboxylic acids is 2. The molecule has 0 fully saturated rings. The zero-order valence-electron chi connectivity index (χ0n) is 15.9. The van der Waals surface area contributed by atoms with Gasteiger partial charge in [-0.3, -0.25) is 14.7 Å². The molecule has 7 heteroatoms. The highest BCUT2D eigenvalue weighted by molar-refractivity contribution is 6.34. The van der Waals surface area contributed by atoms with E-state index in [-0.39, 0.29) is 11.6 Å². The second-order valence-corrected chi connectivity index (χ2v) is 7.99. The molecule has 2 aliphatic rings. The number of nitrogens with zero attached hydrogens (tertiary/aromatic N) is 2. The maximum atomic E-state index is 13.2. The van der Waals surface area contributed by atoms with E-state index in [9.17, 15) is 14.9 Å². The van der Waals surface area contributed by atoms with Crippen LogP contribution in [0.3, 0.4) is 0 Å². The lowest BCUT2D eigenvalue weighted by atomic mass is 9.81. The number of rotatable bonds is 4. The molecule has 148 valence electrons. The number of carbonyl (C=O) groups is 2. The summed E-state index contributed by atoms with van der Waals surface area (Å²) in [4.78, 5) is 25.9. The molecule has 3 aromatic rings. The fourth-order valence-electron chi connectivity index (χ4n) is 4.61. The first kappa shape index (κ1) is 18.6. The van der Waals surface area contributed by atoms with E-state index in [1.54, 1.807) is 24.3 Å². The molecule has 2 unspecified atom stereocenters.